The van der Waals surface area contributed by atoms with Gasteiger partial charge >= 0.3 is 0 Å². The Bertz CT molecular complexity index is 473. The average Bonchev–Trinajstić information content (AvgIpc) is 2.45. The molecule has 0 amide bonds. The molecule has 0 spiro atoms. The summed E-state index contributed by atoms with van der Waals surface area (Å²) in [5.41, 5.74) is 2.57. The molecule has 1 heteroatoms. The Labute approximate surface area is 109 Å². The van der Waals surface area contributed by atoms with E-state index in [1.165, 1.54) is 11.1 Å². The van der Waals surface area contributed by atoms with Crippen LogP contribution >= 0.6 is 0 Å². The molecule has 0 aromatic heterocycles. The van der Waals surface area contributed by atoms with Crippen LogP contribution in [0.15, 0.2) is 66.7 Å². The Morgan fingerprint density at radius 3 is 2.22 bits per heavy atom. The lowest BCUT2D eigenvalue weighted by molar-refractivity contribution is 0.618. The minimum absolute atomic E-state index is 0.381. The number of benzene rings is 2. The lowest BCUT2D eigenvalue weighted by Crippen LogP contribution is -2.18. The van der Waals surface area contributed by atoms with Crippen LogP contribution in [-0.2, 0) is 0 Å². The first-order valence-electron chi connectivity index (χ1n) is 6.36. The van der Waals surface area contributed by atoms with Crippen molar-refractivity contribution in [1.82, 2.24) is 5.32 Å². The highest BCUT2D eigenvalue weighted by Crippen LogP contribution is 2.10. The molecule has 0 saturated heterocycles. The molecule has 18 heavy (non-hydrogen) atoms. The van der Waals surface area contributed by atoms with Crippen LogP contribution in [0.4, 0.5) is 0 Å². The Hall–Kier alpha value is -1.86. The smallest absolute Gasteiger partial charge is 0.0294 e. The lowest BCUT2D eigenvalue weighted by atomic mass is 10.1. The Morgan fingerprint density at radius 2 is 1.56 bits per heavy atom. The molecule has 0 saturated carbocycles. The van der Waals surface area contributed by atoms with Gasteiger partial charge in [0.2, 0.25) is 0 Å². The number of rotatable bonds is 5. The lowest BCUT2D eigenvalue weighted by Gasteiger charge is -2.12. The summed E-state index contributed by atoms with van der Waals surface area (Å²) < 4.78 is 0. The van der Waals surface area contributed by atoms with Crippen molar-refractivity contribution in [3.8, 4) is 0 Å². The van der Waals surface area contributed by atoms with Crippen LogP contribution in [0.3, 0.4) is 0 Å². The van der Waals surface area contributed by atoms with Gasteiger partial charge in [-0.2, -0.15) is 0 Å². The third kappa shape index (κ3) is 3.86. The summed E-state index contributed by atoms with van der Waals surface area (Å²) in [6, 6.07) is 21.2. The second-order valence-corrected chi connectivity index (χ2v) is 4.35. The second kappa shape index (κ2) is 6.77. The quantitative estimate of drug-likeness (QED) is 0.827. The molecule has 0 radical (unpaired) electrons. The van der Waals surface area contributed by atoms with E-state index in [0.29, 0.717) is 6.04 Å². The zero-order valence-corrected chi connectivity index (χ0v) is 10.7. The van der Waals surface area contributed by atoms with Gasteiger partial charge in [0.1, 0.15) is 0 Å². The van der Waals surface area contributed by atoms with E-state index in [4.69, 9.17) is 0 Å². The van der Waals surface area contributed by atoms with Crippen LogP contribution in [0, 0.1) is 0 Å². The van der Waals surface area contributed by atoms with Crippen LogP contribution in [0.2, 0.25) is 0 Å². The molecule has 92 valence electrons. The predicted octanol–water partition coefficient (Wildman–Crippen LogP) is 4.05. The van der Waals surface area contributed by atoms with E-state index in [1.54, 1.807) is 0 Å². The molecule has 2 aromatic rings. The fourth-order valence-corrected chi connectivity index (χ4v) is 1.86. The molecule has 1 N–H and O–H groups in total. The third-order valence-electron chi connectivity index (χ3n) is 2.95. The van der Waals surface area contributed by atoms with Crippen molar-refractivity contribution >= 4 is 6.08 Å². The first-order valence-corrected chi connectivity index (χ1v) is 6.36. The van der Waals surface area contributed by atoms with Crippen LogP contribution in [0.5, 0.6) is 0 Å². The van der Waals surface area contributed by atoms with E-state index < -0.39 is 0 Å². The molecule has 0 heterocycles. The van der Waals surface area contributed by atoms with Crippen molar-refractivity contribution in [3.05, 3.63) is 77.9 Å². The molecule has 2 rings (SSSR count). The van der Waals surface area contributed by atoms with Gasteiger partial charge in [-0.1, -0.05) is 72.8 Å². The summed E-state index contributed by atoms with van der Waals surface area (Å²) in [7, 11) is 0. The number of nitrogens with one attached hydrogen (secondary N) is 1. The second-order valence-electron chi connectivity index (χ2n) is 4.35. The van der Waals surface area contributed by atoms with Crippen LogP contribution < -0.4 is 5.32 Å². The number of hydrogen-bond donors (Lipinski definition) is 1. The molecule has 1 atom stereocenters. The van der Waals surface area contributed by atoms with Crippen molar-refractivity contribution in [3.63, 3.8) is 0 Å². The molecule has 0 aliphatic rings. The summed E-state index contributed by atoms with van der Waals surface area (Å²) in [5, 5.41) is 3.48. The monoisotopic (exact) mass is 237 g/mol. The van der Waals surface area contributed by atoms with Crippen molar-refractivity contribution in [1.29, 1.82) is 0 Å². The summed E-state index contributed by atoms with van der Waals surface area (Å²) in [5.74, 6) is 0. The van der Waals surface area contributed by atoms with Crippen molar-refractivity contribution < 1.29 is 0 Å². The van der Waals surface area contributed by atoms with Crippen LogP contribution in [0.1, 0.15) is 24.1 Å². The van der Waals surface area contributed by atoms with Gasteiger partial charge in [-0.15, -0.1) is 0 Å². The van der Waals surface area contributed by atoms with E-state index in [0.717, 1.165) is 6.54 Å². The predicted molar refractivity (Wildman–Crippen MR) is 78.3 cm³/mol. The average molecular weight is 237 g/mol. The molecule has 0 bridgehead atoms. The minimum atomic E-state index is 0.381. The van der Waals surface area contributed by atoms with E-state index in [2.05, 4.69) is 72.9 Å². The fraction of sp³-hybridized carbons (Fsp3) is 0.176. The molecule has 0 aliphatic carbocycles. The van der Waals surface area contributed by atoms with Gasteiger partial charge in [-0.05, 0) is 18.1 Å². The van der Waals surface area contributed by atoms with Gasteiger partial charge in [-0.3, -0.25) is 0 Å². The summed E-state index contributed by atoms with van der Waals surface area (Å²) in [4.78, 5) is 0. The number of hydrogen-bond acceptors (Lipinski definition) is 1. The zero-order valence-electron chi connectivity index (χ0n) is 10.7. The van der Waals surface area contributed by atoms with Gasteiger partial charge in [0.05, 0.1) is 0 Å². The van der Waals surface area contributed by atoms with Gasteiger partial charge in [0.15, 0.2) is 0 Å². The van der Waals surface area contributed by atoms with E-state index in [9.17, 15) is 0 Å². The largest absolute Gasteiger partial charge is 0.307 e. The van der Waals surface area contributed by atoms with Crippen molar-refractivity contribution in [2.75, 3.05) is 6.54 Å². The minimum Gasteiger partial charge on any atom is -0.307 e. The highest BCUT2D eigenvalue weighted by molar-refractivity contribution is 5.48. The molecule has 0 unspecified atom stereocenters. The van der Waals surface area contributed by atoms with Gasteiger partial charge in [0, 0.05) is 12.6 Å². The molecule has 0 fully saturated rings. The van der Waals surface area contributed by atoms with E-state index >= 15 is 0 Å². The Balaban J connectivity index is 1.81. The van der Waals surface area contributed by atoms with Gasteiger partial charge in [-0.25, -0.2) is 0 Å². The molecular formula is C17H19N. The van der Waals surface area contributed by atoms with E-state index in [-0.39, 0.29) is 0 Å². The summed E-state index contributed by atoms with van der Waals surface area (Å²) in [6.45, 7) is 3.07. The van der Waals surface area contributed by atoms with Gasteiger partial charge < -0.3 is 5.32 Å². The maximum absolute atomic E-state index is 3.48. The Kier molecular flexibility index (Phi) is 4.74. The standard InChI is InChI=1S/C17H19N/c1-15(17-12-6-3-7-13-17)18-14-8-11-16-9-4-2-5-10-16/h2-13,15,18H,14H2,1H3/t15-/m0/s1. The first kappa shape index (κ1) is 12.6. The zero-order chi connectivity index (χ0) is 12.6. The Morgan fingerprint density at radius 1 is 0.944 bits per heavy atom. The summed E-state index contributed by atoms with van der Waals surface area (Å²) in [6.07, 6.45) is 4.31. The highest BCUT2D eigenvalue weighted by Gasteiger charge is 2.00. The topological polar surface area (TPSA) is 12.0 Å². The van der Waals surface area contributed by atoms with E-state index in [1.807, 2.05) is 12.1 Å². The van der Waals surface area contributed by atoms with Crippen LogP contribution in [0.25, 0.3) is 6.08 Å². The maximum atomic E-state index is 3.48. The summed E-state index contributed by atoms with van der Waals surface area (Å²) >= 11 is 0. The fourth-order valence-electron chi connectivity index (χ4n) is 1.86. The molecular weight excluding hydrogens is 218 g/mol. The SMILES string of the molecule is C[C@H](NCC=Cc1ccccc1)c1ccccc1. The third-order valence-corrected chi connectivity index (χ3v) is 2.95. The van der Waals surface area contributed by atoms with Crippen molar-refractivity contribution in [2.24, 2.45) is 0 Å². The molecule has 2 aromatic carbocycles. The molecule has 0 aliphatic heterocycles. The first-order chi connectivity index (χ1) is 8.86. The molecule has 1 nitrogen and oxygen atoms in total. The highest BCUT2D eigenvalue weighted by atomic mass is 14.9. The van der Waals surface area contributed by atoms with Crippen LogP contribution in [-0.4, -0.2) is 6.54 Å². The van der Waals surface area contributed by atoms with Crippen molar-refractivity contribution in [2.45, 2.75) is 13.0 Å². The maximum Gasteiger partial charge on any atom is 0.0294 e. The normalized spacial score (nSPS) is 12.7. The van der Waals surface area contributed by atoms with Gasteiger partial charge in [0.25, 0.3) is 0 Å².